The zero-order valence-corrected chi connectivity index (χ0v) is 14.5. The number of hydrogen-bond acceptors (Lipinski definition) is 3. The van der Waals surface area contributed by atoms with Crippen molar-refractivity contribution in [3.05, 3.63) is 52.2 Å². The number of anilines is 1. The molecule has 0 bridgehead atoms. The first-order valence-corrected chi connectivity index (χ1v) is 9.05. The molecule has 0 spiro atoms. The second-order valence-electron chi connectivity index (χ2n) is 6.00. The van der Waals surface area contributed by atoms with Crippen LogP contribution in [-0.2, 0) is 4.79 Å². The van der Waals surface area contributed by atoms with Crippen molar-refractivity contribution >= 4 is 28.8 Å². The molecule has 1 aromatic carbocycles. The summed E-state index contributed by atoms with van der Waals surface area (Å²) in [7, 11) is 1.60. The first-order chi connectivity index (χ1) is 11.7. The molecule has 1 aliphatic rings. The summed E-state index contributed by atoms with van der Waals surface area (Å²) in [6.07, 6.45) is 2.30. The van der Waals surface area contributed by atoms with Crippen LogP contribution in [0.1, 0.15) is 34.1 Å². The van der Waals surface area contributed by atoms with Gasteiger partial charge in [-0.05, 0) is 35.7 Å². The fraction of sp³-hybridized carbons (Fsp3) is 0.333. The lowest BCUT2D eigenvalue weighted by molar-refractivity contribution is -0.910. The van der Waals surface area contributed by atoms with Gasteiger partial charge in [0, 0.05) is 31.1 Å². The fourth-order valence-corrected chi connectivity index (χ4v) is 4.14. The number of hydrogen-bond donors (Lipinski definition) is 3. The monoisotopic (exact) mass is 344 g/mol. The molecule has 1 fully saturated rings. The standard InChI is InChI=1S/C18H21N3O2S/c1-19-18(23)13-6-8-14(9-7-13)20-17(22)12-21-10-2-4-15(21)16-5-3-11-24-16/h3,5-9,11,15H,2,4,10,12H2,1H3,(H,19,23)(H,20,22)/p+1/t15-/m0/s1. The van der Waals surface area contributed by atoms with Gasteiger partial charge in [-0.2, -0.15) is 0 Å². The largest absolute Gasteiger partial charge is 0.355 e. The average Bonchev–Trinajstić information content (AvgIpc) is 3.26. The van der Waals surface area contributed by atoms with E-state index in [1.807, 2.05) is 0 Å². The molecule has 1 unspecified atom stereocenters. The number of carbonyl (C=O) groups is 2. The first-order valence-electron chi connectivity index (χ1n) is 8.17. The van der Waals surface area contributed by atoms with E-state index in [1.54, 1.807) is 42.6 Å². The van der Waals surface area contributed by atoms with Crippen LogP contribution < -0.4 is 15.5 Å². The molecule has 2 atom stereocenters. The van der Waals surface area contributed by atoms with Crippen LogP contribution in [0.2, 0.25) is 0 Å². The molecule has 2 heterocycles. The summed E-state index contributed by atoms with van der Waals surface area (Å²) in [4.78, 5) is 26.6. The molecule has 2 amide bonds. The molecule has 0 aliphatic carbocycles. The minimum Gasteiger partial charge on any atom is -0.355 e. The average molecular weight is 344 g/mol. The van der Waals surface area contributed by atoms with Crippen LogP contribution in [0.4, 0.5) is 5.69 Å². The Morgan fingerprint density at radius 1 is 1.25 bits per heavy atom. The number of nitrogens with one attached hydrogen (secondary N) is 3. The Labute approximate surface area is 145 Å². The molecule has 126 valence electrons. The van der Waals surface area contributed by atoms with E-state index in [1.165, 1.54) is 9.78 Å². The van der Waals surface area contributed by atoms with E-state index in [9.17, 15) is 9.59 Å². The van der Waals surface area contributed by atoms with E-state index in [-0.39, 0.29) is 11.8 Å². The second kappa shape index (κ2) is 7.59. The number of amides is 2. The lowest BCUT2D eigenvalue weighted by Crippen LogP contribution is -3.11. The molecular formula is C18H22N3O2S+. The smallest absolute Gasteiger partial charge is 0.279 e. The summed E-state index contributed by atoms with van der Waals surface area (Å²) >= 11 is 1.77. The lowest BCUT2D eigenvalue weighted by Gasteiger charge is -2.20. The lowest BCUT2D eigenvalue weighted by atomic mass is 10.2. The van der Waals surface area contributed by atoms with Crippen molar-refractivity contribution in [2.45, 2.75) is 18.9 Å². The maximum atomic E-state index is 12.4. The third kappa shape index (κ3) is 3.83. The highest BCUT2D eigenvalue weighted by molar-refractivity contribution is 7.10. The van der Waals surface area contributed by atoms with Crippen LogP contribution in [0.3, 0.4) is 0 Å². The summed E-state index contributed by atoms with van der Waals surface area (Å²) in [6.45, 7) is 1.51. The second-order valence-corrected chi connectivity index (χ2v) is 6.98. The molecule has 0 saturated carbocycles. The van der Waals surface area contributed by atoms with Gasteiger partial charge in [0.15, 0.2) is 6.54 Å². The van der Waals surface area contributed by atoms with Gasteiger partial charge in [0.05, 0.1) is 11.4 Å². The zero-order chi connectivity index (χ0) is 16.9. The van der Waals surface area contributed by atoms with Crippen LogP contribution in [0.25, 0.3) is 0 Å². The number of rotatable bonds is 5. The Hall–Kier alpha value is -2.18. The van der Waals surface area contributed by atoms with Crippen molar-refractivity contribution in [3.63, 3.8) is 0 Å². The van der Waals surface area contributed by atoms with Crippen LogP contribution in [0.15, 0.2) is 41.8 Å². The maximum Gasteiger partial charge on any atom is 0.279 e. The van der Waals surface area contributed by atoms with Gasteiger partial charge < -0.3 is 15.5 Å². The Morgan fingerprint density at radius 2 is 2.04 bits per heavy atom. The number of likely N-dealkylation sites (tertiary alicyclic amines) is 1. The molecule has 2 aromatic rings. The number of quaternary nitrogens is 1. The zero-order valence-electron chi connectivity index (χ0n) is 13.7. The molecule has 1 aliphatic heterocycles. The van der Waals surface area contributed by atoms with Crippen molar-refractivity contribution < 1.29 is 14.5 Å². The van der Waals surface area contributed by atoms with Gasteiger partial charge in [0.25, 0.3) is 11.8 Å². The normalized spacial score (nSPS) is 19.9. The molecule has 5 nitrogen and oxygen atoms in total. The van der Waals surface area contributed by atoms with Gasteiger partial charge in [0.2, 0.25) is 0 Å². The number of carbonyl (C=O) groups excluding carboxylic acids is 2. The minimum absolute atomic E-state index is 0.0150. The van der Waals surface area contributed by atoms with Crippen molar-refractivity contribution in [1.82, 2.24) is 5.32 Å². The van der Waals surface area contributed by atoms with Crippen LogP contribution >= 0.6 is 11.3 Å². The summed E-state index contributed by atoms with van der Waals surface area (Å²) in [5, 5.41) is 7.61. The van der Waals surface area contributed by atoms with Crippen molar-refractivity contribution in [3.8, 4) is 0 Å². The van der Waals surface area contributed by atoms with Gasteiger partial charge in [-0.1, -0.05) is 6.07 Å². The van der Waals surface area contributed by atoms with Gasteiger partial charge in [0.1, 0.15) is 6.04 Å². The number of thiophene rings is 1. The van der Waals surface area contributed by atoms with Crippen molar-refractivity contribution in [2.75, 3.05) is 25.5 Å². The van der Waals surface area contributed by atoms with Crippen LogP contribution in [0.5, 0.6) is 0 Å². The quantitative estimate of drug-likeness (QED) is 0.769. The first kappa shape index (κ1) is 16.7. The Kier molecular flexibility index (Phi) is 5.27. The van der Waals surface area contributed by atoms with Gasteiger partial charge in [-0.15, -0.1) is 11.3 Å². The molecule has 0 radical (unpaired) electrons. The highest BCUT2D eigenvalue weighted by Gasteiger charge is 2.32. The Bertz CT molecular complexity index is 698. The Morgan fingerprint density at radius 3 is 2.71 bits per heavy atom. The topological polar surface area (TPSA) is 62.6 Å². The minimum atomic E-state index is -0.131. The van der Waals surface area contributed by atoms with Crippen LogP contribution in [-0.4, -0.2) is 32.0 Å². The molecule has 6 heteroatoms. The van der Waals surface area contributed by atoms with Crippen molar-refractivity contribution in [1.29, 1.82) is 0 Å². The van der Waals surface area contributed by atoms with E-state index in [0.29, 0.717) is 18.2 Å². The predicted molar refractivity (Wildman–Crippen MR) is 95.5 cm³/mol. The third-order valence-corrected chi connectivity index (χ3v) is 5.40. The summed E-state index contributed by atoms with van der Waals surface area (Å²) < 4.78 is 0. The SMILES string of the molecule is CNC(=O)c1ccc(NC(=O)C[NH+]2CCC[C@H]2c2cccs2)cc1. The maximum absolute atomic E-state index is 12.4. The highest BCUT2D eigenvalue weighted by atomic mass is 32.1. The van der Waals surface area contributed by atoms with Crippen LogP contribution in [0, 0.1) is 0 Å². The van der Waals surface area contributed by atoms with Gasteiger partial charge in [-0.3, -0.25) is 9.59 Å². The predicted octanol–water partition coefficient (Wildman–Crippen LogP) is 1.47. The molecule has 24 heavy (non-hydrogen) atoms. The molecule has 3 N–H and O–H groups in total. The van der Waals surface area contributed by atoms with E-state index in [4.69, 9.17) is 0 Å². The van der Waals surface area contributed by atoms with Gasteiger partial charge in [-0.25, -0.2) is 0 Å². The Balaban J connectivity index is 1.58. The molecule has 1 aromatic heterocycles. The summed E-state index contributed by atoms with van der Waals surface area (Å²) in [6, 6.07) is 11.6. The van der Waals surface area contributed by atoms with E-state index >= 15 is 0 Å². The summed E-state index contributed by atoms with van der Waals surface area (Å²) in [5.74, 6) is -0.116. The van der Waals surface area contributed by atoms with Gasteiger partial charge >= 0.3 is 0 Å². The molecular weight excluding hydrogens is 322 g/mol. The third-order valence-electron chi connectivity index (χ3n) is 4.42. The molecule has 3 rings (SSSR count). The van der Waals surface area contributed by atoms with E-state index in [0.717, 1.165) is 25.1 Å². The van der Waals surface area contributed by atoms with E-state index < -0.39 is 0 Å². The highest BCUT2D eigenvalue weighted by Crippen LogP contribution is 2.23. The van der Waals surface area contributed by atoms with Crippen molar-refractivity contribution in [2.24, 2.45) is 0 Å². The fourth-order valence-electron chi connectivity index (χ4n) is 3.22. The summed E-state index contributed by atoms with van der Waals surface area (Å²) in [5.41, 5.74) is 1.30. The molecule has 1 saturated heterocycles. The van der Waals surface area contributed by atoms with E-state index in [2.05, 4.69) is 28.1 Å². The number of benzene rings is 1.